The van der Waals surface area contributed by atoms with Gasteiger partial charge in [0.1, 0.15) is 5.75 Å². The van der Waals surface area contributed by atoms with Crippen LogP contribution >= 0.6 is 0 Å². The summed E-state index contributed by atoms with van der Waals surface area (Å²) in [5.74, 6) is 0.449. The summed E-state index contributed by atoms with van der Waals surface area (Å²) in [4.78, 5) is 0. The number of anilines is 1. The molecule has 0 bridgehead atoms. The smallest absolute Gasteiger partial charge is 0.417 e. The van der Waals surface area contributed by atoms with E-state index in [1.54, 1.807) is 6.07 Å². The second-order valence-corrected chi connectivity index (χ2v) is 3.91. The third-order valence-electron chi connectivity index (χ3n) is 2.68. The first-order valence-corrected chi connectivity index (χ1v) is 5.45. The second kappa shape index (κ2) is 4.84. The van der Waals surface area contributed by atoms with E-state index in [2.05, 4.69) is 6.07 Å². The highest BCUT2D eigenvalue weighted by Gasteiger charge is 2.34. The number of benzene rings is 2. The van der Waals surface area contributed by atoms with Crippen molar-refractivity contribution in [2.75, 3.05) is 12.8 Å². The van der Waals surface area contributed by atoms with Gasteiger partial charge in [-0.25, -0.2) is 0 Å². The van der Waals surface area contributed by atoms with E-state index in [1.165, 1.54) is 31.4 Å². The lowest BCUT2D eigenvalue weighted by Gasteiger charge is -2.15. The van der Waals surface area contributed by atoms with Crippen molar-refractivity contribution in [2.45, 2.75) is 6.18 Å². The highest BCUT2D eigenvalue weighted by molar-refractivity contribution is 5.80. The Morgan fingerprint density at radius 3 is 2.58 bits per heavy atom. The number of nitrogens with two attached hydrogens (primary N) is 1. The lowest BCUT2D eigenvalue weighted by Crippen LogP contribution is -2.08. The highest BCUT2D eigenvalue weighted by Crippen LogP contribution is 2.40. The van der Waals surface area contributed by atoms with E-state index in [4.69, 9.17) is 10.5 Å². The average Bonchev–Trinajstić information content (AvgIpc) is 2.37. The molecule has 1 radical (unpaired) electrons. The third kappa shape index (κ3) is 2.65. The SMILES string of the molecule is COc1cc[c]c(-c2c(N)cccc2C(F)(F)F)c1. The van der Waals surface area contributed by atoms with Crippen molar-refractivity contribution in [3.63, 3.8) is 0 Å². The van der Waals surface area contributed by atoms with E-state index in [0.717, 1.165) is 6.07 Å². The van der Waals surface area contributed by atoms with Gasteiger partial charge in [0.15, 0.2) is 0 Å². The number of hydrogen-bond donors (Lipinski definition) is 1. The summed E-state index contributed by atoms with van der Waals surface area (Å²) in [6, 6.07) is 11.0. The normalized spacial score (nSPS) is 11.4. The lowest BCUT2D eigenvalue weighted by atomic mass is 9.97. The van der Waals surface area contributed by atoms with Gasteiger partial charge in [-0.2, -0.15) is 13.2 Å². The van der Waals surface area contributed by atoms with Crippen LogP contribution in [0.3, 0.4) is 0 Å². The fourth-order valence-corrected chi connectivity index (χ4v) is 1.82. The Bertz CT molecular complexity index is 593. The quantitative estimate of drug-likeness (QED) is 0.840. The minimum absolute atomic E-state index is 0.0549. The van der Waals surface area contributed by atoms with Crippen molar-refractivity contribution in [1.82, 2.24) is 0 Å². The highest BCUT2D eigenvalue weighted by atomic mass is 19.4. The van der Waals surface area contributed by atoms with Crippen LogP contribution in [-0.2, 0) is 6.18 Å². The molecule has 2 N–H and O–H groups in total. The number of ether oxygens (including phenoxy) is 1. The van der Waals surface area contributed by atoms with Gasteiger partial charge in [0.2, 0.25) is 0 Å². The van der Waals surface area contributed by atoms with Crippen molar-refractivity contribution in [3.05, 3.63) is 48.0 Å². The Hall–Kier alpha value is -2.17. The van der Waals surface area contributed by atoms with Crippen LogP contribution in [0.1, 0.15) is 5.56 Å². The first kappa shape index (κ1) is 13.3. The zero-order chi connectivity index (χ0) is 14.0. The van der Waals surface area contributed by atoms with Crippen LogP contribution in [0.25, 0.3) is 11.1 Å². The predicted molar refractivity (Wildman–Crippen MR) is 66.7 cm³/mol. The summed E-state index contributed by atoms with van der Waals surface area (Å²) >= 11 is 0. The average molecular weight is 266 g/mol. The van der Waals surface area contributed by atoms with Crippen LogP contribution in [0.2, 0.25) is 0 Å². The molecule has 0 atom stereocenters. The zero-order valence-corrected chi connectivity index (χ0v) is 10.1. The molecule has 2 nitrogen and oxygen atoms in total. The Balaban J connectivity index is 2.67. The van der Waals surface area contributed by atoms with Crippen molar-refractivity contribution in [3.8, 4) is 16.9 Å². The largest absolute Gasteiger partial charge is 0.497 e. The summed E-state index contributed by atoms with van der Waals surface area (Å²) in [5.41, 5.74) is 5.13. The molecule has 5 heteroatoms. The van der Waals surface area contributed by atoms with E-state index < -0.39 is 11.7 Å². The van der Waals surface area contributed by atoms with Crippen LogP contribution in [0.15, 0.2) is 36.4 Å². The number of nitrogen functional groups attached to an aromatic ring is 1. The Labute approximate surface area is 108 Å². The molecule has 0 spiro atoms. The number of halogens is 3. The minimum atomic E-state index is -4.47. The van der Waals surface area contributed by atoms with E-state index in [-0.39, 0.29) is 16.8 Å². The van der Waals surface area contributed by atoms with E-state index >= 15 is 0 Å². The monoisotopic (exact) mass is 266 g/mol. The summed E-state index contributed by atoms with van der Waals surface area (Å²) < 4.78 is 44.0. The van der Waals surface area contributed by atoms with Gasteiger partial charge in [-0.15, -0.1) is 0 Å². The molecule has 0 aromatic heterocycles. The number of rotatable bonds is 2. The van der Waals surface area contributed by atoms with Crippen molar-refractivity contribution in [1.29, 1.82) is 0 Å². The molecule has 0 aliphatic heterocycles. The second-order valence-electron chi connectivity index (χ2n) is 3.91. The van der Waals surface area contributed by atoms with Gasteiger partial charge < -0.3 is 10.5 Å². The van der Waals surface area contributed by atoms with Crippen LogP contribution in [-0.4, -0.2) is 7.11 Å². The summed E-state index contributed by atoms with van der Waals surface area (Å²) in [7, 11) is 1.44. The molecule has 0 saturated heterocycles. The van der Waals surface area contributed by atoms with Crippen LogP contribution in [0.5, 0.6) is 5.75 Å². The molecule has 0 saturated carbocycles. The molecule has 0 aliphatic carbocycles. The van der Waals surface area contributed by atoms with Crippen molar-refractivity contribution >= 4 is 5.69 Å². The van der Waals surface area contributed by atoms with Gasteiger partial charge in [-0.05, 0) is 35.9 Å². The molecule has 2 aromatic carbocycles. The Kier molecular flexibility index (Phi) is 3.38. The fourth-order valence-electron chi connectivity index (χ4n) is 1.82. The van der Waals surface area contributed by atoms with Crippen molar-refractivity contribution < 1.29 is 17.9 Å². The molecule has 0 fully saturated rings. The predicted octanol–water partition coefficient (Wildman–Crippen LogP) is 3.76. The summed E-state index contributed by atoms with van der Waals surface area (Å²) in [5, 5.41) is 0. The maximum Gasteiger partial charge on any atom is 0.417 e. The molecular weight excluding hydrogens is 255 g/mol. The maximum atomic E-state index is 13.0. The van der Waals surface area contributed by atoms with Gasteiger partial charge in [0.25, 0.3) is 0 Å². The number of methoxy groups -OCH3 is 1. The third-order valence-corrected chi connectivity index (χ3v) is 2.68. The van der Waals surface area contributed by atoms with Gasteiger partial charge >= 0.3 is 6.18 Å². The Morgan fingerprint density at radius 1 is 1.21 bits per heavy atom. The molecule has 99 valence electrons. The van der Waals surface area contributed by atoms with E-state index in [0.29, 0.717) is 5.75 Å². The first-order chi connectivity index (χ1) is 8.93. The maximum absolute atomic E-state index is 13.0. The van der Waals surface area contributed by atoms with Gasteiger partial charge in [0, 0.05) is 11.3 Å². The topological polar surface area (TPSA) is 35.2 Å². The van der Waals surface area contributed by atoms with Crippen LogP contribution < -0.4 is 10.5 Å². The van der Waals surface area contributed by atoms with E-state index in [9.17, 15) is 13.2 Å². The zero-order valence-electron chi connectivity index (χ0n) is 10.1. The van der Waals surface area contributed by atoms with Crippen LogP contribution in [0, 0.1) is 6.07 Å². The first-order valence-electron chi connectivity index (χ1n) is 5.45. The molecule has 0 amide bonds. The van der Waals surface area contributed by atoms with Crippen LogP contribution in [0.4, 0.5) is 18.9 Å². The molecular formula is C14H11F3NO. The van der Waals surface area contributed by atoms with Crippen molar-refractivity contribution in [2.24, 2.45) is 0 Å². The molecule has 0 heterocycles. The van der Waals surface area contributed by atoms with E-state index in [1.807, 2.05) is 0 Å². The minimum Gasteiger partial charge on any atom is -0.497 e. The summed E-state index contributed by atoms with van der Waals surface area (Å²) in [6.45, 7) is 0. The standard InChI is InChI=1S/C14H11F3NO/c1-19-10-5-2-4-9(8-10)13-11(14(15,16)17)6-3-7-12(13)18/h2-3,5-8H,18H2,1H3. The van der Waals surface area contributed by atoms with Gasteiger partial charge in [-0.1, -0.05) is 12.1 Å². The lowest BCUT2D eigenvalue weighted by molar-refractivity contribution is -0.137. The number of alkyl halides is 3. The van der Waals surface area contributed by atoms with Gasteiger partial charge in [-0.3, -0.25) is 0 Å². The Morgan fingerprint density at radius 2 is 1.95 bits per heavy atom. The molecule has 0 aliphatic rings. The summed E-state index contributed by atoms with van der Waals surface area (Å²) in [6.07, 6.45) is -4.47. The fraction of sp³-hybridized carbons (Fsp3) is 0.143. The molecule has 19 heavy (non-hydrogen) atoms. The molecule has 2 rings (SSSR count). The molecule has 0 unspecified atom stereocenters. The molecule has 2 aromatic rings. The van der Waals surface area contributed by atoms with Gasteiger partial charge in [0.05, 0.1) is 12.7 Å². The number of hydrogen-bond acceptors (Lipinski definition) is 2.